The lowest BCUT2D eigenvalue weighted by Gasteiger charge is -2.43. The Kier molecular flexibility index (Phi) is 6.34. The molecule has 1 N–H and O–H groups in total. The van der Waals surface area contributed by atoms with Gasteiger partial charge in [0.1, 0.15) is 5.70 Å². The monoisotopic (exact) mass is 513 g/mol. The van der Waals surface area contributed by atoms with Gasteiger partial charge in [-0.1, -0.05) is 35.3 Å². The van der Waals surface area contributed by atoms with E-state index in [0.29, 0.717) is 24.7 Å². The van der Waals surface area contributed by atoms with Crippen LogP contribution in [0, 0.1) is 5.92 Å². The van der Waals surface area contributed by atoms with Crippen molar-refractivity contribution in [1.29, 1.82) is 0 Å². The molecule has 6 nitrogen and oxygen atoms in total. The fourth-order valence-corrected chi connectivity index (χ4v) is 5.79. The number of fused-ring (bicyclic) bond motifs is 4. The first-order chi connectivity index (χ1) is 16.4. The second-order valence-corrected chi connectivity index (χ2v) is 10.4. The van der Waals surface area contributed by atoms with Gasteiger partial charge in [-0.3, -0.25) is 14.4 Å². The Morgan fingerprint density at radius 2 is 1.91 bits per heavy atom. The van der Waals surface area contributed by atoms with Gasteiger partial charge < -0.3 is 14.8 Å². The van der Waals surface area contributed by atoms with Crippen LogP contribution in [0.2, 0.25) is 10.0 Å². The predicted molar refractivity (Wildman–Crippen MR) is 134 cm³/mol. The van der Waals surface area contributed by atoms with E-state index in [4.69, 9.17) is 23.2 Å². The number of nitrogens with zero attached hydrogens (tertiary/aromatic N) is 2. The molecule has 2 atom stereocenters. The normalized spacial score (nSPS) is 19.5. The van der Waals surface area contributed by atoms with Crippen molar-refractivity contribution < 1.29 is 9.59 Å². The third-order valence-electron chi connectivity index (χ3n) is 6.25. The summed E-state index contributed by atoms with van der Waals surface area (Å²) in [5, 5.41) is 5.30. The van der Waals surface area contributed by atoms with Gasteiger partial charge in [0, 0.05) is 47.2 Å². The van der Waals surface area contributed by atoms with Gasteiger partial charge in [-0.15, -0.1) is 11.3 Å². The minimum absolute atomic E-state index is 0.00378. The number of rotatable bonds is 4. The molecule has 0 saturated carbocycles. The van der Waals surface area contributed by atoms with E-state index in [0.717, 1.165) is 17.0 Å². The van der Waals surface area contributed by atoms with Crippen molar-refractivity contribution in [1.82, 2.24) is 14.8 Å². The second-order valence-electron chi connectivity index (χ2n) is 8.56. The molecule has 4 heterocycles. The number of aromatic nitrogens is 1. The van der Waals surface area contributed by atoms with Crippen LogP contribution in [0.5, 0.6) is 0 Å². The number of amides is 2. The number of halogens is 2. The molecule has 0 spiro atoms. The predicted octanol–water partition coefficient (Wildman–Crippen LogP) is 4.63. The highest BCUT2D eigenvalue weighted by Gasteiger charge is 2.37. The molecule has 2 aliphatic rings. The molecule has 5 rings (SSSR count). The number of hydrogen-bond acceptors (Lipinski definition) is 4. The highest BCUT2D eigenvalue weighted by atomic mass is 35.5. The van der Waals surface area contributed by atoms with Gasteiger partial charge in [0.2, 0.25) is 0 Å². The van der Waals surface area contributed by atoms with E-state index < -0.39 is 5.91 Å². The fourth-order valence-electron chi connectivity index (χ4n) is 4.76. The van der Waals surface area contributed by atoms with Crippen LogP contribution in [-0.2, 0) is 11.3 Å². The topological polar surface area (TPSA) is 71.4 Å². The van der Waals surface area contributed by atoms with Crippen LogP contribution < -0.4 is 10.9 Å². The van der Waals surface area contributed by atoms with Gasteiger partial charge in [0.15, 0.2) is 0 Å². The van der Waals surface area contributed by atoms with Crippen molar-refractivity contribution in [3.63, 3.8) is 0 Å². The summed E-state index contributed by atoms with van der Waals surface area (Å²) in [6.07, 6.45) is 2.62. The molecule has 9 heteroatoms. The third-order valence-corrected chi connectivity index (χ3v) is 7.63. The quantitative estimate of drug-likeness (QED) is 0.516. The Labute approximate surface area is 210 Å². The van der Waals surface area contributed by atoms with Crippen LogP contribution >= 0.6 is 34.5 Å². The molecule has 1 saturated heterocycles. The molecule has 1 aromatic carbocycles. The van der Waals surface area contributed by atoms with Crippen LogP contribution in [0.1, 0.15) is 33.3 Å². The minimum Gasteiger partial charge on any atom is -0.336 e. The minimum atomic E-state index is -0.502. The average molecular weight is 514 g/mol. The molecule has 2 aromatic heterocycles. The SMILES string of the molecule is O=C(N/C(=C/c1cccs1)C(=O)N1C[C@H]2C[C@@H](C1)c1cccc(=O)n1C2)c1cc(Cl)ccc1Cl. The molecule has 3 aromatic rings. The van der Waals surface area contributed by atoms with Crippen molar-refractivity contribution in [3.8, 4) is 0 Å². The molecule has 0 unspecified atom stereocenters. The van der Waals surface area contributed by atoms with Crippen LogP contribution in [0.3, 0.4) is 0 Å². The van der Waals surface area contributed by atoms with Gasteiger partial charge in [-0.05, 0) is 54.1 Å². The zero-order valence-corrected chi connectivity index (χ0v) is 20.4. The zero-order valence-electron chi connectivity index (χ0n) is 18.0. The summed E-state index contributed by atoms with van der Waals surface area (Å²) in [5.41, 5.74) is 1.33. The molecular formula is C25H21Cl2N3O3S. The molecular weight excluding hydrogens is 493 g/mol. The molecule has 34 heavy (non-hydrogen) atoms. The maximum absolute atomic E-state index is 13.7. The summed E-state index contributed by atoms with van der Waals surface area (Å²) in [4.78, 5) is 41.6. The Hall–Kier alpha value is -2.87. The van der Waals surface area contributed by atoms with Gasteiger partial charge in [0.25, 0.3) is 17.4 Å². The number of thiophene rings is 1. The lowest BCUT2D eigenvalue weighted by atomic mass is 9.83. The summed E-state index contributed by atoms with van der Waals surface area (Å²) in [6, 6.07) is 13.7. The highest BCUT2D eigenvalue weighted by molar-refractivity contribution is 7.10. The standard InChI is InChI=1S/C25H21Cl2N3O3S/c26-17-6-7-20(27)19(10-17)24(32)28-21(11-18-3-2-8-34-18)25(33)29-12-15-9-16(14-29)22-4-1-5-23(31)30(22)13-15/h1-8,10-11,15-16H,9,12-14H2,(H,28,32)/b21-11+/t15-,16+/m1/s1. The Morgan fingerprint density at radius 3 is 2.71 bits per heavy atom. The van der Waals surface area contributed by atoms with Gasteiger partial charge in [-0.2, -0.15) is 0 Å². The molecule has 1 fully saturated rings. The van der Waals surface area contributed by atoms with Crippen molar-refractivity contribution >= 4 is 52.4 Å². The Balaban J connectivity index is 1.43. The van der Waals surface area contributed by atoms with Crippen LogP contribution in [-0.4, -0.2) is 34.4 Å². The first kappa shape index (κ1) is 22.9. The number of carbonyl (C=O) groups is 2. The number of carbonyl (C=O) groups excluding carboxylic acids is 2. The summed E-state index contributed by atoms with van der Waals surface area (Å²) in [7, 11) is 0. The van der Waals surface area contributed by atoms with Gasteiger partial charge in [-0.25, -0.2) is 0 Å². The molecule has 2 aliphatic heterocycles. The van der Waals surface area contributed by atoms with E-state index in [-0.39, 0.29) is 39.6 Å². The number of hydrogen-bond donors (Lipinski definition) is 1. The summed E-state index contributed by atoms with van der Waals surface area (Å²) >= 11 is 13.7. The molecule has 0 radical (unpaired) electrons. The van der Waals surface area contributed by atoms with E-state index in [1.165, 1.54) is 17.4 Å². The van der Waals surface area contributed by atoms with Gasteiger partial charge >= 0.3 is 0 Å². The third kappa shape index (κ3) is 4.56. The lowest BCUT2D eigenvalue weighted by Crippen LogP contribution is -2.50. The lowest BCUT2D eigenvalue weighted by molar-refractivity contribution is -0.130. The maximum atomic E-state index is 13.7. The summed E-state index contributed by atoms with van der Waals surface area (Å²) in [5.74, 6) is -0.512. The van der Waals surface area contributed by atoms with E-state index in [9.17, 15) is 14.4 Å². The van der Waals surface area contributed by atoms with Crippen molar-refractivity contribution in [2.45, 2.75) is 18.9 Å². The zero-order chi connectivity index (χ0) is 23.8. The summed E-state index contributed by atoms with van der Waals surface area (Å²) in [6.45, 7) is 1.59. The highest BCUT2D eigenvalue weighted by Crippen LogP contribution is 2.35. The van der Waals surface area contributed by atoms with E-state index in [1.54, 1.807) is 35.2 Å². The summed E-state index contributed by atoms with van der Waals surface area (Å²) < 4.78 is 1.83. The average Bonchev–Trinajstić information content (AvgIpc) is 3.33. The van der Waals surface area contributed by atoms with Crippen molar-refractivity contribution in [2.75, 3.05) is 13.1 Å². The first-order valence-corrected chi connectivity index (χ1v) is 12.5. The smallest absolute Gasteiger partial charge is 0.270 e. The molecule has 0 aliphatic carbocycles. The number of nitrogens with one attached hydrogen (secondary N) is 1. The maximum Gasteiger partial charge on any atom is 0.270 e. The van der Waals surface area contributed by atoms with Crippen LogP contribution in [0.4, 0.5) is 0 Å². The fraction of sp³-hybridized carbons (Fsp3) is 0.240. The van der Waals surface area contributed by atoms with Gasteiger partial charge in [0.05, 0.1) is 10.6 Å². The Bertz CT molecular complexity index is 1350. The van der Waals surface area contributed by atoms with Crippen LogP contribution in [0.25, 0.3) is 6.08 Å². The van der Waals surface area contributed by atoms with Crippen molar-refractivity contribution in [3.05, 3.63) is 96.1 Å². The molecule has 2 amide bonds. The largest absolute Gasteiger partial charge is 0.336 e. The van der Waals surface area contributed by atoms with E-state index >= 15 is 0 Å². The second kappa shape index (κ2) is 9.41. The number of pyridine rings is 1. The van der Waals surface area contributed by atoms with Crippen molar-refractivity contribution in [2.24, 2.45) is 5.92 Å². The first-order valence-electron chi connectivity index (χ1n) is 10.9. The number of benzene rings is 1. The molecule has 2 bridgehead atoms. The van der Waals surface area contributed by atoms with E-state index in [1.807, 2.05) is 28.1 Å². The van der Waals surface area contributed by atoms with Crippen LogP contribution in [0.15, 0.2) is 64.4 Å². The number of likely N-dealkylation sites (tertiary alicyclic amines) is 1. The number of piperidine rings is 1. The van der Waals surface area contributed by atoms with E-state index in [2.05, 4.69) is 5.32 Å². The molecule has 174 valence electrons. The Morgan fingerprint density at radius 1 is 1.06 bits per heavy atom.